The lowest BCUT2D eigenvalue weighted by molar-refractivity contribution is -0.189. The molecule has 10 N–H and O–H groups in total. The number of carbonyl (C=O) groups excluding carboxylic acids is 3. The first-order chi connectivity index (χ1) is 33.4. The van der Waals surface area contributed by atoms with Crippen LogP contribution in [0.5, 0.6) is 0 Å². The summed E-state index contributed by atoms with van der Waals surface area (Å²) in [7, 11) is 1.56. The Kier molecular flexibility index (Phi) is 24.5. The summed E-state index contributed by atoms with van der Waals surface area (Å²) in [6.45, 7) is 23.8. The molecule has 0 aromatic heterocycles. The van der Waals surface area contributed by atoms with Crippen molar-refractivity contribution in [1.82, 2.24) is 15.5 Å². The summed E-state index contributed by atoms with van der Waals surface area (Å²) in [5, 5.41) is 86.0. The number of nitrogens with one attached hydrogen (secondary N) is 2. The van der Waals surface area contributed by atoms with Crippen LogP contribution in [0.25, 0.3) is 0 Å². The van der Waals surface area contributed by atoms with Crippen LogP contribution in [0.4, 0.5) is 14.4 Å². The average Bonchev–Trinajstić information content (AvgIpc) is 4.00. The number of ether oxygens (including phenoxy) is 8. The molecule has 0 bridgehead atoms. The van der Waals surface area contributed by atoms with E-state index in [9.17, 15) is 50.1 Å². The fourth-order valence-corrected chi connectivity index (χ4v) is 10.7. The maximum absolute atomic E-state index is 12.3. The summed E-state index contributed by atoms with van der Waals surface area (Å²) in [4.78, 5) is 48.4. The molecule has 416 valence electrons. The molecule has 16 atom stereocenters. The Labute approximate surface area is 433 Å². The van der Waals surface area contributed by atoms with E-state index in [-0.39, 0.29) is 35.7 Å². The first-order valence-electron chi connectivity index (χ1n) is 23.6. The van der Waals surface area contributed by atoms with Crippen LogP contribution < -0.4 is 10.6 Å². The Morgan fingerprint density at radius 2 is 1.08 bits per heavy atom. The number of thioether (sulfide) groups is 3. The van der Waals surface area contributed by atoms with Gasteiger partial charge in [-0.3, -0.25) is 19.9 Å². The number of aliphatic hydroxyl groups is 8. The van der Waals surface area contributed by atoms with E-state index in [2.05, 4.69) is 30.3 Å². The Balaban J connectivity index is 0.000000257. The number of hydrogen-bond acceptors (Lipinski definition) is 25. The lowest BCUT2D eigenvalue weighted by Crippen LogP contribution is -2.61. The topological polar surface area (TPSA) is 351 Å². The van der Waals surface area contributed by atoms with Gasteiger partial charge in [0, 0.05) is 26.7 Å². The molecule has 25 nitrogen and oxygen atoms in total. The Bertz CT molecular complexity index is 1830. The molecule has 1 amide bonds. The molecule has 6 heterocycles. The largest absolute Gasteiger partial charge is 0.519 e. The van der Waals surface area contributed by atoms with Gasteiger partial charge in [-0.2, -0.15) is 0 Å². The fraction of sp³-hybridized carbons (Fsp3) is 0.864. The zero-order chi connectivity index (χ0) is 54.6. The van der Waals surface area contributed by atoms with E-state index in [1.165, 1.54) is 40.2 Å². The van der Waals surface area contributed by atoms with Crippen LogP contribution in [0.15, 0.2) is 15.0 Å². The first-order valence-corrected chi connectivity index (χ1v) is 26.2. The van der Waals surface area contributed by atoms with E-state index in [4.69, 9.17) is 38.3 Å². The molecule has 0 aliphatic carbocycles. The van der Waals surface area contributed by atoms with Crippen molar-refractivity contribution in [3.05, 3.63) is 0 Å². The molecular formula is C44H78N6O19S3. The lowest BCUT2D eigenvalue weighted by Gasteiger charge is -2.40. The Morgan fingerprint density at radius 1 is 0.653 bits per heavy atom. The van der Waals surface area contributed by atoms with Gasteiger partial charge >= 0.3 is 18.4 Å². The van der Waals surface area contributed by atoms with Gasteiger partial charge in [0.25, 0.3) is 0 Å². The van der Waals surface area contributed by atoms with Gasteiger partial charge < -0.3 is 89.4 Å². The predicted molar refractivity (Wildman–Crippen MR) is 269 cm³/mol. The van der Waals surface area contributed by atoms with Crippen LogP contribution in [-0.4, -0.2) is 232 Å². The average molecular weight is 1090 g/mol. The van der Waals surface area contributed by atoms with Crippen LogP contribution in [0.3, 0.4) is 0 Å². The standard InChI is InChI=1S/C14H24N2O6S.C11H20N2O4S.C10H18O5.C9H16N2O4S/c1-5-16(13(20)22-14(2,3)4)12-15-8-10(19)9(18)7(6-17)21-11(8)23-12;1-4-12-11-13-6-7(14)8(15)9(5(2)16-3)17-10(6)18-11;1-9(2,3)14-7(11)13-8(12)15-10(4,5)6;1-2-10-9-11-5-7(14)6(13)4(3-12)15-8(5)16-9/h7-11,17-19H,5-6H2,1-4H3;5-10,14-15H,4H2,1-3H3,(H,12,13);1-6H3;4-8,12-14H,2-3H2,1H3,(H,10,11)/t7-,8-,9-,10-,11-;5-,6+,7+,8-,9+,10+;;4-,5-,6-,7-,8-/m10.1/s1. The highest BCUT2D eigenvalue weighted by Crippen LogP contribution is 2.39. The predicted octanol–water partition coefficient (Wildman–Crippen LogP) is 1.08. The molecule has 5 fully saturated rings. The van der Waals surface area contributed by atoms with Crippen molar-refractivity contribution < 1.29 is 93.1 Å². The number of rotatable bonds is 7. The van der Waals surface area contributed by atoms with Crippen molar-refractivity contribution in [2.45, 2.75) is 202 Å². The summed E-state index contributed by atoms with van der Waals surface area (Å²) in [5.41, 5.74) is -3.12. The highest BCUT2D eigenvalue weighted by atomic mass is 32.2. The summed E-state index contributed by atoms with van der Waals surface area (Å²) >= 11 is 4.00. The minimum atomic E-state index is -1.22. The number of methoxy groups -OCH3 is 1. The normalized spacial score (nSPS) is 34.3. The molecule has 0 unspecified atom stereocenters. The quantitative estimate of drug-likeness (QED) is 0.0969. The lowest BCUT2D eigenvalue weighted by atomic mass is 9.95. The van der Waals surface area contributed by atoms with Crippen LogP contribution in [0, 0.1) is 0 Å². The minimum absolute atomic E-state index is 0.240. The van der Waals surface area contributed by atoms with Gasteiger partial charge in [-0.25, -0.2) is 14.4 Å². The molecule has 0 spiro atoms. The van der Waals surface area contributed by atoms with Gasteiger partial charge in [-0.1, -0.05) is 35.3 Å². The molecule has 6 rings (SSSR count). The molecule has 28 heteroatoms. The molecule has 6 aliphatic heterocycles. The SMILES string of the molecule is CC(C)(C)OC(=O)OC(=O)OC(C)(C)C.CCN(C(=O)OC(C)(C)C)C1=N[C@@H]2[C@@H](O)[C@H](O)[C@@H](CO)O[C@@H]2S1.CCN=C1N[C@@H]2[C@@H](O)[C@H](O)[C@@H](CO)O[C@@H]2S1.CCN=C1N[C@@H]2[C@@H](O)[C@H](O)[C@@H]([C@H](C)OC)O[C@@H]2S1. The van der Waals surface area contributed by atoms with Gasteiger partial charge in [-0.05, 0) is 90.0 Å². The van der Waals surface area contributed by atoms with Crippen molar-refractivity contribution in [3.63, 3.8) is 0 Å². The maximum Gasteiger partial charge on any atom is 0.519 e. The molecule has 5 saturated heterocycles. The second kappa shape index (κ2) is 27.8. The number of aliphatic imine (C=N–C) groups is 3. The third-order valence-corrected chi connectivity index (χ3v) is 13.8. The number of amidine groups is 3. The number of nitrogens with zero attached hydrogens (tertiary/aromatic N) is 4. The first kappa shape index (κ1) is 63.5. The fourth-order valence-electron chi connectivity index (χ4n) is 6.99. The van der Waals surface area contributed by atoms with Crippen molar-refractivity contribution >= 4 is 69.2 Å². The van der Waals surface area contributed by atoms with E-state index < -0.39 is 108 Å². The van der Waals surface area contributed by atoms with Crippen LogP contribution >= 0.6 is 35.3 Å². The van der Waals surface area contributed by atoms with E-state index in [0.717, 1.165) is 5.17 Å². The monoisotopic (exact) mass is 1090 g/mol. The molecule has 6 aliphatic rings. The molecule has 0 saturated carbocycles. The molecule has 0 aromatic carbocycles. The van der Waals surface area contributed by atoms with Gasteiger partial charge in [0.15, 0.2) is 15.5 Å². The number of hydrogen-bond donors (Lipinski definition) is 10. The van der Waals surface area contributed by atoms with Crippen molar-refractivity contribution in [2.24, 2.45) is 15.0 Å². The highest BCUT2D eigenvalue weighted by Gasteiger charge is 2.52. The van der Waals surface area contributed by atoms with E-state index in [0.29, 0.717) is 30.0 Å². The van der Waals surface area contributed by atoms with Crippen LogP contribution in [-0.2, 0) is 37.9 Å². The molecule has 0 aromatic rings. The molecule has 0 radical (unpaired) electrons. The number of aliphatic hydroxyl groups excluding tert-OH is 8. The van der Waals surface area contributed by atoms with Crippen LogP contribution in [0.1, 0.15) is 90.0 Å². The second-order valence-electron chi connectivity index (χ2n) is 19.7. The third-order valence-electron chi connectivity index (χ3n) is 10.4. The molecule has 72 heavy (non-hydrogen) atoms. The molecular weight excluding hydrogens is 1010 g/mol. The van der Waals surface area contributed by atoms with Gasteiger partial charge in [-0.15, -0.1) is 0 Å². The number of fused-ring (bicyclic) bond motifs is 3. The third kappa shape index (κ3) is 18.5. The highest BCUT2D eigenvalue weighted by molar-refractivity contribution is 8.15. The smallest absolute Gasteiger partial charge is 0.443 e. The summed E-state index contributed by atoms with van der Waals surface area (Å²) in [6.07, 6.45) is -11.3. The Morgan fingerprint density at radius 3 is 1.50 bits per heavy atom. The van der Waals surface area contributed by atoms with Crippen molar-refractivity contribution in [2.75, 3.05) is 40.0 Å². The summed E-state index contributed by atoms with van der Waals surface area (Å²) in [5.74, 6) is 0. The van der Waals surface area contributed by atoms with Gasteiger partial charge in [0.05, 0.1) is 31.4 Å². The number of amides is 1. The second-order valence-corrected chi connectivity index (χ2v) is 23.0. The minimum Gasteiger partial charge on any atom is -0.443 e. The van der Waals surface area contributed by atoms with E-state index in [1.54, 1.807) is 76.3 Å². The number of carbonyl (C=O) groups is 3. The maximum atomic E-state index is 12.3. The zero-order valence-corrected chi connectivity index (χ0v) is 45.8. The zero-order valence-electron chi connectivity index (χ0n) is 43.4. The summed E-state index contributed by atoms with van der Waals surface area (Å²) < 4.78 is 41.2. The van der Waals surface area contributed by atoms with Crippen LogP contribution in [0.2, 0.25) is 0 Å². The van der Waals surface area contributed by atoms with E-state index in [1.807, 2.05) is 20.8 Å². The van der Waals surface area contributed by atoms with Crippen molar-refractivity contribution in [1.29, 1.82) is 0 Å². The van der Waals surface area contributed by atoms with Gasteiger partial charge in [0.1, 0.15) is 94.1 Å². The Hall–Kier alpha value is -2.81. The van der Waals surface area contributed by atoms with Crippen molar-refractivity contribution in [3.8, 4) is 0 Å². The van der Waals surface area contributed by atoms with Gasteiger partial charge in [0.2, 0.25) is 0 Å². The summed E-state index contributed by atoms with van der Waals surface area (Å²) in [6, 6.07) is -1.38. The van der Waals surface area contributed by atoms with E-state index >= 15 is 0 Å².